The molecule has 2 aromatic rings. The lowest BCUT2D eigenvalue weighted by Crippen LogP contribution is -2.62. The van der Waals surface area contributed by atoms with E-state index < -0.39 is 8.07 Å². The van der Waals surface area contributed by atoms with Crippen LogP contribution in [-0.4, -0.2) is 8.07 Å². The molecule has 1 aliphatic rings. The summed E-state index contributed by atoms with van der Waals surface area (Å²) in [4.78, 5) is 0. The molecule has 1 heterocycles. The maximum absolute atomic E-state index is 5.99. The Morgan fingerprint density at radius 2 is 1.06 bits per heavy atom. The molecule has 0 nitrogen and oxygen atoms in total. The number of hydrogen-bond acceptors (Lipinski definition) is 0. The van der Waals surface area contributed by atoms with Crippen LogP contribution in [0.3, 0.4) is 0 Å². The SMILES string of the molecule is Clc1ccc([Si]2(c3ccc(Cl)cc3)CCC2)cc1. The molecular formula is C15H14Cl2Si. The van der Waals surface area contributed by atoms with Crippen molar-refractivity contribution in [3.05, 3.63) is 58.6 Å². The molecule has 0 radical (unpaired) electrons. The quantitative estimate of drug-likeness (QED) is 0.735. The van der Waals surface area contributed by atoms with Crippen LogP contribution in [0.4, 0.5) is 0 Å². The zero-order chi connectivity index (χ0) is 12.6. The van der Waals surface area contributed by atoms with E-state index in [4.69, 9.17) is 23.2 Å². The Hall–Kier alpha value is -0.763. The monoisotopic (exact) mass is 292 g/mol. The molecule has 2 aromatic carbocycles. The molecule has 1 fully saturated rings. The molecule has 3 heteroatoms. The van der Waals surface area contributed by atoms with Gasteiger partial charge in [0.05, 0.1) is 0 Å². The van der Waals surface area contributed by atoms with Crippen LogP contribution in [-0.2, 0) is 0 Å². The average molecular weight is 293 g/mol. The van der Waals surface area contributed by atoms with Gasteiger partial charge >= 0.3 is 0 Å². The molecule has 0 bridgehead atoms. The Morgan fingerprint density at radius 3 is 1.33 bits per heavy atom. The third-order valence-electron chi connectivity index (χ3n) is 4.00. The largest absolute Gasteiger partial charge is 0.118 e. The van der Waals surface area contributed by atoms with Gasteiger partial charge in [0.25, 0.3) is 0 Å². The normalized spacial score (nSPS) is 17.2. The second kappa shape index (κ2) is 4.73. The lowest BCUT2D eigenvalue weighted by Gasteiger charge is -2.41. The van der Waals surface area contributed by atoms with Crippen molar-refractivity contribution in [2.45, 2.75) is 18.5 Å². The molecular weight excluding hydrogens is 279 g/mol. The molecule has 1 aliphatic heterocycles. The van der Waals surface area contributed by atoms with Crippen molar-refractivity contribution in [1.29, 1.82) is 0 Å². The molecule has 0 amide bonds. The van der Waals surface area contributed by atoms with E-state index in [9.17, 15) is 0 Å². The van der Waals surface area contributed by atoms with Crippen LogP contribution < -0.4 is 10.4 Å². The van der Waals surface area contributed by atoms with Gasteiger partial charge in [-0.3, -0.25) is 0 Å². The number of hydrogen-bond donors (Lipinski definition) is 0. The summed E-state index contributed by atoms with van der Waals surface area (Å²) >= 11 is 12.0. The van der Waals surface area contributed by atoms with E-state index in [-0.39, 0.29) is 0 Å². The fraction of sp³-hybridized carbons (Fsp3) is 0.200. The number of halogens is 2. The Labute approximate surface area is 119 Å². The van der Waals surface area contributed by atoms with Gasteiger partial charge in [-0.2, -0.15) is 0 Å². The highest BCUT2D eigenvalue weighted by atomic mass is 35.5. The van der Waals surface area contributed by atoms with E-state index in [1.165, 1.54) is 28.9 Å². The van der Waals surface area contributed by atoms with Crippen LogP contribution >= 0.6 is 23.2 Å². The van der Waals surface area contributed by atoms with Crippen LogP contribution in [0.1, 0.15) is 6.42 Å². The average Bonchev–Trinajstić information content (AvgIpc) is 2.32. The highest BCUT2D eigenvalue weighted by Crippen LogP contribution is 2.32. The summed E-state index contributed by atoms with van der Waals surface area (Å²) in [5.41, 5.74) is 0. The molecule has 3 rings (SSSR count). The molecule has 0 unspecified atom stereocenters. The number of rotatable bonds is 2. The minimum Gasteiger partial charge on any atom is -0.0843 e. The summed E-state index contributed by atoms with van der Waals surface area (Å²) in [6, 6.07) is 19.6. The molecule has 0 atom stereocenters. The number of benzene rings is 2. The standard InChI is InChI=1S/C15H14Cl2Si/c16-12-2-6-14(7-3-12)18(10-1-11-18)15-8-4-13(17)5-9-15/h2-9H,1,10-11H2. The molecule has 0 aromatic heterocycles. The Balaban J connectivity index is 2.04. The van der Waals surface area contributed by atoms with Gasteiger partial charge in [0, 0.05) is 10.0 Å². The summed E-state index contributed by atoms with van der Waals surface area (Å²) in [6.07, 6.45) is 1.34. The van der Waals surface area contributed by atoms with Crippen molar-refractivity contribution < 1.29 is 0 Å². The zero-order valence-corrected chi connectivity index (χ0v) is 12.5. The smallest absolute Gasteiger partial charge is 0.0843 e. The van der Waals surface area contributed by atoms with Gasteiger partial charge in [-0.1, -0.05) is 64.3 Å². The van der Waals surface area contributed by atoms with Crippen molar-refractivity contribution in [3.8, 4) is 0 Å². The van der Waals surface area contributed by atoms with E-state index in [0.29, 0.717) is 0 Å². The third kappa shape index (κ3) is 2.01. The fourth-order valence-corrected chi connectivity index (χ4v) is 7.22. The van der Waals surface area contributed by atoms with Crippen LogP contribution in [0.15, 0.2) is 48.5 Å². The highest BCUT2D eigenvalue weighted by Gasteiger charge is 2.42. The van der Waals surface area contributed by atoms with Gasteiger partial charge in [0.2, 0.25) is 0 Å². The summed E-state index contributed by atoms with van der Waals surface area (Å²) in [7, 11) is -1.46. The van der Waals surface area contributed by atoms with E-state index >= 15 is 0 Å². The molecule has 0 aliphatic carbocycles. The van der Waals surface area contributed by atoms with E-state index in [0.717, 1.165) is 10.0 Å². The maximum atomic E-state index is 5.99. The van der Waals surface area contributed by atoms with Crippen molar-refractivity contribution in [2.75, 3.05) is 0 Å². The Kier molecular flexibility index (Phi) is 3.23. The summed E-state index contributed by atoms with van der Waals surface area (Å²) < 4.78 is 0. The molecule has 92 valence electrons. The van der Waals surface area contributed by atoms with Crippen LogP contribution in [0, 0.1) is 0 Å². The van der Waals surface area contributed by atoms with Crippen molar-refractivity contribution in [2.24, 2.45) is 0 Å². The minimum atomic E-state index is -1.46. The van der Waals surface area contributed by atoms with Crippen molar-refractivity contribution in [1.82, 2.24) is 0 Å². The van der Waals surface area contributed by atoms with Crippen molar-refractivity contribution >= 4 is 41.6 Å². The zero-order valence-electron chi connectivity index (χ0n) is 10.00. The highest BCUT2D eigenvalue weighted by molar-refractivity contribution is 7.04. The van der Waals surface area contributed by atoms with E-state index in [1.807, 2.05) is 24.3 Å². The summed E-state index contributed by atoms with van der Waals surface area (Å²) in [6.45, 7) is 0. The van der Waals surface area contributed by atoms with Crippen LogP contribution in [0.5, 0.6) is 0 Å². The van der Waals surface area contributed by atoms with Crippen molar-refractivity contribution in [3.63, 3.8) is 0 Å². The van der Waals surface area contributed by atoms with E-state index in [2.05, 4.69) is 24.3 Å². The maximum Gasteiger partial charge on any atom is 0.118 e. The lowest BCUT2D eigenvalue weighted by molar-refractivity contribution is 0.928. The molecule has 1 saturated heterocycles. The minimum absolute atomic E-state index is 0.818. The van der Waals surface area contributed by atoms with Gasteiger partial charge < -0.3 is 0 Å². The molecule has 0 saturated carbocycles. The first-order valence-corrected chi connectivity index (χ1v) is 9.40. The predicted molar refractivity (Wildman–Crippen MR) is 82.2 cm³/mol. The topological polar surface area (TPSA) is 0 Å². The second-order valence-corrected chi connectivity index (χ2v) is 10.1. The van der Waals surface area contributed by atoms with Gasteiger partial charge in [-0.25, -0.2) is 0 Å². The fourth-order valence-electron chi connectivity index (χ4n) is 2.81. The molecule has 0 N–H and O–H groups in total. The first-order valence-electron chi connectivity index (χ1n) is 6.23. The third-order valence-corrected chi connectivity index (χ3v) is 9.80. The Bertz CT molecular complexity index is 494. The van der Waals surface area contributed by atoms with Gasteiger partial charge in [-0.15, -0.1) is 0 Å². The molecule has 18 heavy (non-hydrogen) atoms. The first-order chi connectivity index (χ1) is 8.71. The predicted octanol–water partition coefficient (Wildman–Crippen LogP) is 3.96. The summed E-state index contributed by atoms with van der Waals surface area (Å²) in [5, 5.41) is 4.64. The second-order valence-electron chi connectivity index (χ2n) is 4.95. The Morgan fingerprint density at radius 1 is 0.667 bits per heavy atom. The van der Waals surface area contributed by atoms with Crippen LogP contribution in [0.25, 0.3) is 0 Å². The molecule has 0 spiro atoms. The summed E-state index contributed by atoms with van der Waals surface area (Å²) in [5.74, 6) is 0. The van der Waals surface area contributed by atoms with Gasteiger partial charge in [0.1, 0.15) is 8.07 Å². The van der Waals surface area contributed by atoms with E-state index in [1.54, 1.807) is 0 Å². The first kappa shape index (κ1) is 12.3. The lowest BCUT2D eigenvalue weighted by atomic mass is 10.3. The van der Waals surface area contributed by atoms with Gasteiger partial charge in [0.15, 0.2) is 0 Å². The van der Waals surface area contributed by atoms with Gasteiger partial charge in [-0.05, 0) is 36.4 Å². The van der Waals surface area contributed by atoms with Crippen LogP contribution in [0.2, 0.25) is 22.1 Å².